The lowest BCUT2D eigenvalue weighted by Gasteiger charge is -2.40. The molecule has 2 saturated heterocycles. The zero-order valence-corrected chi connectivity index (χ0v) is 15.9. The second kappa shape index (κ2) is 8.34. The molecule has 0 spiro atoms. The number of urea groups is 1. The average molecular weight is 390 g/mol. The van der Waals surface area contributed by atoms with Crippen LogP contribution in [0.3, 0.4) is 0 Å². The molecule has 0 radical (unpaired) electrons. The molecule has 152 valence electrons. The minimum atomic E-state index is -0.295. The van der Waals surface area contributed by atoms with Crippen LogP contribution in [0.2, 0.25) is 0 Å². The third kappa shape index (κ3) is 5.13. The number of hydrogen-bond acceptors (Lipinski definition) is 4. The Hall–Kier alpha value is -2.35. The Morgan fingerprint density at radius 1 is 1.00 bits per heavy atom. The van der Waals surface area contributed by atoms with E-state index in [1.165, 1.54) is 12.1 Å². The number of likely N-dealkylation sites (tertiary alicyclic amines) is 2. The standard InChI is InChI=1S/C20H27FN4O3/c21-14-1-5-17(6-2-14)28-18-11-25(12-18)20(27)23-16-7-9-24(10-8-16)13-19(26)22-15-3-4-15/h1-2,5-6,15-16,18H,3-4,7-13H2,(H,22,26)(H,23,27). The second-order valence-electron chi connectivity index (χ2n) is 7.94. The molecule has 2 aliphatic heterocycles. The van der Waals surface area contributed by atoms with Crippen LogP contribution in [0.4, 0.5) is 9.18 Å². The van der Waals surface area contributed by atoms with E-state index in [9.17, 15) is 14.0 Å². The van der Waals surface area contributed by atoms with Gasteiger partial charge in [0.25, 0.3) is 0 Å². The van der Waals surface area contributed by atoms with Crippen LogP contribution in [0.25, 0.3) is 0 Å². The quantitative estimate of drug-likeness (QED) is 0.769. The monoisotopic (exact) mass is 390 g/mol. The molecule has 28 heavy (non-hydrogen) atoms. The van der Waals surface area contributed by atoms with Gasteiger partial charge in [-0.15, -0.1) is 0 Å². The lowest BCUT2D eigenvalue weighted by molar-refractivity contribution is -0.122. The summed E-state index contributed by atoms with van der Waals surface area (Å²) in [6.07, 6.45) is 3.86. The van der Waals surface area contributed by atoms with Gasteiger partial charge in [-0.3, -0.25) is 9.69 Å². The van der Waals surface area contributed by atoms with Gasteiger partial charge in [0.05, 0.1) is 19.6 Å². The van der Waals surface area contributed by atoms with E-state index >= 15 is 0 Å². The van der Waals surface area contributed by atoms with Crippen molar-refractivity contribution in [1.29, 1.82) is 0 Å². The van der Waals surface area contributed by atoms with Crippen molar-refractivity contribution in [3.63, 3.8) is 0 Å². The first kappa shape index (κ1) is 19.0. The van der Waals surface area contributed by atoms with Crippen molar-refractivity contribution in [2.24, 2.45) is 0 Å². The van der Waals surface area contributed by atoms with Crippen molar-refractivity contribution in [2.45, 2.75) is 43.9 Å². The summed E-state index contributed by atoms with van der Waals surface area (Å²) in [5.74, 6) is 0.430. The van der Waals surface area contributed by atoms with Crippen molar-refractivity contribution < 1.29 is 18.7 Å². The highest BCUT2D eigenvalue weighted by Gasteiger charge is 2.34. The largest absolute Gasteiger partial charge is 0.487 e. The molecule has 1 aromatic carbocycles. The van der Waals surface area contributed by atoms with Crippen LogP contribution in [-0.4, -0.2) is 72.6 Å². The number of rotatable bonds is 6. The number of hydrogen-bond donors (Lipinski definition) is 2. The third-order valence-corrected chi connectivity index (χ3v) is 5.48. The number of ether oxygens (including phenoxy) is 1. The molecule has 2 N–H and O–H groups in total. The molecule has 0 unspecified atom stereocenters. The summed E-state index contributed by atoms with van der Waals surface area (Å²) in [5, 5.41) is 6.09. The van der Waals surface area contributed by atoms with Gasteiger partial charge in [0.2, 0.25) is 5.91 Å². The van der Waals surface area contributed by atoms with Crippen molar-refractivity contribution in [2.75, 3.05) is 32.7 Å². The van der Waals surface area contributed by atoms with Crippen LogP contribution in [0.5, 0.6) is 5.75 Å². The fraction of sp³-hybridized carbons (Fsp3) is 0.600. The summed E-state index contributed by atoms with van der Waals surface area (Å²) in [5.41, 5.74) is 0. The van der Waals surface area contributed by atoms with Crippen molar-refractivity contribution >= 4 is 11.9 Å². The summed E-state index contributed by atoms with van der Waals surface area (Å²) >= 11 is 0. The Morgan fingerprint density at radius 2 is 1.64 bits per heavy atom. The van der Waals surface area contributed by atoms with Crippen molar-refractivity contribution in [3.05, 3.63) is 30.1 Å². The molecule has 0 bridgehead atoms. The molecule has 3 aliphatic rings. The molecular weight excluding hydrogens is 363 g/mol. The Bertz CT molecular complexity index is 696. The molecule has 1 aliphatic carbocycles. The maximum absolute atomic E-state index is 12.9. The van der Waals surface area contributed by atoms with E-state index in [1.54, 1.807) is 17.0 Å². The maximum atomic E-state index is 12.9. The summed E-state index contributed by atoms with van der Waals surface area (Å²) in [6.45, 7) is 3.15. The molecule has 1 saturated carbocycles. The number of piperidine rings is 1. The van der Waals surface area contributed by atoms with E-state index in [0.29, 0.717) is 31.4 Å². The first-order chi connectivity index (χ1) is 13.5. The lowest BCUT2D eigenvalue weighted by Crippen LogP contribution is -2.60. The summed E-state index contributed by atoms with van der Waals surface area (Å²) < 4.78 is 18.6. The van der Waals surface area contributed by atoms with Crippen LogP contribution in [0.15, 0.2) is 24.3 Å². The Kier molecular flexibility index (Phi) is 5.66. The Morgan fingerprint density at radius 3 is 2.29 bits per heavy atom. The van der Waals surface area contributed by atoms with Crippen LogP contribution in [0, 0.1) is 5.82 Å². The number of carbonyl (C=O) groups is 2. The predicted molar refractivity (Wildman–Crippen MR) is 102 cm³/mol. The molecule has 0 atom stereocenters. The number of halogens is 1. The number of benzene rings is 1. The van der Waals surface area contributed by atoms with Crippen LogP contribution >= 0.6 is 0 Å². The van der Waals surface area contributed by atoms with E-state index in [2.05, 4.69) is 15.5 Å². The highest BCUT2D eigenvalue weighted by atomic mass is 19.1. The topological polar surface area (TPSA) is 73.9 Å². The molecule has 7 nitrogen and oxygen atoms in total. The van der Waals surface area contributed by atoms with Crippen LogP contribution < -0.4 is 15.4 Å². The van der Waals surface area contributed by atoms with Gasteiger partial charge in [0.15, 0.2) is 0 Å². The smallest absolute Gasteiger partial charge is 0.317 e. The van der Waals surface area contributed by atoms with Gasteiger partial charge in [-0.25, -0.2) is 9.18 Å². The van der Waals surface area contributed by atoms with E-state index in [4.69, 9.17) is 4.74 Å². The fourth-order valence-corrected chi connectivity index (χ4v) is 3.59. The summed E-state index contributed by atoms with van der Waals surface area (Å²) in [6, 6.07) is 6.39. The minimum absolute atomic E-state index is 0.0527. The van der Waals surface area contributed by atoms with Crippen molar-refractivity contribution in [3.8, 4) is 5.75 Å². The molecule has 2 heterocycles. The van der Waals surface area contributed by atoms with Gasteiger partial charge in [0.1, 0.15) is 17.7 Å². The zero-order valence-electron chi connectivity index (χ0n) is 15.9. The fourth-order valence-electron chi connectivity index (χ4n) is 3.59. The van der Waals surface area contributed by atoms with Gasteiger partial charge < -0.3 is 20.3 Å². The normalized spacial score (nSPS) is 21.1. The van der Waals surface area contributed by atoms with Crippen LogP contribution in [0.1, 0.15) is 25.7 Å². The highest BCUT2D eigenvalue weighted by Crippen LogP contribution is 2.20. The molecule has 4 rings (SSSR count). The van der Waals surface area contributed by atoms with E-state index in [-0.39, 0.29) is 29.9 Å². The first-order valence-corrected chi connectivity index (χ1v) is 10.0. The molecule has 3 fully saturated rings. The first-order valence-electron chi connectivity index (χ1n) is 10.0. The van der Waals surface area contributed by atoms with Gasteiger partial charge in [-0.1, -0.05) is 0 Å². The Balaban J connectivity index is 1.12. The highest BCUT2D eigenvalue weighted by molar-refractivity contribution is 5.78. The van der Waals surface area contributed by atoms with E-state index in [1.807, 2.05) is 0 Å². The van der Waals surface area contributed by atoms with Gasteiger partial charge in [-0.2, -0.15) is 0 Å². The number of nitrogens with zero attached hydrogens (tertiary/aromatic N) is 2. The number of carbonyl (C=O) groups excluding carboxylic acids is 2. The molecular formula is C20H27FN4O3. The molecule has 3 amide bonds. The SMILES string of the molecule is O=C(CN1CCC(NC(=O)N2CC(Oc3ccc(F)cc3)C2)CC1)NC1CC1. The van der Waals surface area contributed by atoms with E-state index in [0.717, 1.165) is 38.8 Å². The van der Waals surface area contributed by atoms with Gasteiger partial charge in [-0.05, 0) is 49.9 Å². The Labute approximate surface area is 164 Å². The second-order valence-corrected chi connectivity index (χ2v) is 7.94. The molecule has 8 heteroatoms. The third-order valence-electron chi connectivity index (χ3n) is 5.48. The molecule has 0 aromatic heterocycles. The molecule has 1 aromatic rings. The summed E-state index contributed by atoms with van der Waals surface area (Å²) in [4.78, 5) is 28.1. The predicted octanol–water partition coefficient (Wildman–Crippen LogP) is 1.34. The van der Waals surface area contributed by atoms with Gasteiger partial charge >= 0.3 is 6.03 Å². The average Bonchev–Trinajstić information content (AvgIpc) is 3.44. The zero-order chi connectivity index (χ0) is 19.5. The number of amides is 3. The lowest BCUT2D eigenvalue weighted by atomic mass is 10.0. The van der Waals surface area contributed by atoms with Gasteiger partial charge in [0, 0.05) is 25.2 Å². The van der Waals surface area contributed by atoms with Crippen LogP contribution in [-0.2, 0) is 4.79 Å². The van der Waals surface area contributed by atoms with Crippen molar-refractivity contribution in [1.82, 2.24) is 20.4 Å². The minimum Gasteiger partial charge on any atom is -0.487 e. The maximum Gasteiger partial charge on any atom is 0.317 e. The number of nitrogens with one attached hydrogen (secondary N) is 2. The van der Waals surface area contributed by atoms with E-state index < -0.39 is 0 Å². The summed E-state index contributed by atoms with van der Waals surface area (Å²) in [7, 11) is 0.